The molecule has 0 bridgehead atoms. The van der Waals surface area contributed by atoms with Crippen LogP contribution in [0.3, 0.4) is 0 Å². The van der Waals surface area contributed by atoms with E-state index in [1.807, 2.05) is 13.8 Å². The number of amides is 1. The SMILES string of the molecule is CC(C)CSC(=O)[C@]1([C@@H](O)C(C)C)NC(=O)[C@H](C)[C@@H]1O. The van der Waals surface area contributed by atoms with E-state index in [0.717, 1.165) is 11.8 Å². The fourth-order valence-corrected chi connectivity index (χ4v) is 3.37. The highest BCUT2D eigenvalue weighted by atomic mass is 32.2. The monoisotopic (exact) mass is 303 g/mol. The minimum Gasteiger partial charge on any atom is -0.390 e. The van der Waals surface area contributed by atoms with Crippen LogP contribution in [-0.4, -0.2) is 44.7 Å². The molecule has 0 unspecified atom stereocenters. The van der Waals surface area contributed by atoms with Crippen molar-refractivity contribution in [1.29, 1.82) is 0 Å². The Labute approximate surface area is 124 Å². The molecule has 1 aliphatic heterocycles. The standard InChI is InChI=1S/C14H25NO4S/c1-7(2)6-20-13(19)14(10(16)8(3)4)11(17)9(5)12(18)15-14/h7-11,16-17H,6H2,1-5H3,(H,15,18)/t9-,10+,11+,14-/m1/s1. The molecule has 0 aromatic carbocycles. The molecule has 20 heavy (non-hydrogen) atoms. The average Bonchev–Trinajstić information content (AvgIpc) is 2.60. The average molecular weight is 303 g/mol. The van der Waals surface area contributed by atoms with Crippen molar-refractivity contribution in [3.05, 3.63) is 0 Å². The minimum atomic E-state index is -1.59. The van der Waals surface area contributed by atoms with Crippen LogP contribution >= 0.6 is 11.8 Å². The number of thioether (sulfide) groups is 1. The number of rotatable bonds is 5. The molecule has 1 amide bonds. The summed E-state index contributed by atoms with van der Waals surface area (Å²) in [7, 11) is 0. The van der Waals surface area contributed by atoms with Crippen LogP contribution < -0.4 is 5.32 Å². The van der Waals surface area contributed by atoms with E-state index in [1.165, 1.54) is 0 Å². The van der Waals surface area contributed by atoms with Crippen molar-refractivity contribution in [2.45, 2.75) is 52.4 Å². The normalized spacial score (nSPS) is 31.8. The van der Waals surface area contributed by atoms with Crippen molar-refractivity contribution in [1.82, 2.24) is 5.32 Å². The van der Waals surface area contributed by atoms with Crippen molar-refractivity contribution in [3.8, 4) is 0 Å². The Morgan fingerprint density at radius 1 is 1.40 bits per heavy atom. The largest absolute Gasteiger partial charge is 0.390 e. The van der Waals surface area contributed by atoms with Crippen LogP contribution in [-0.2, 0) is 9.59 Å². The summed E-state index contributed by atoms with van der Waals surface area (Å²) in [5.74, 6) is -0.451. The number of hydrogen-bond donors (Lipinski definition) is 3. The smallest absolute Gasteiger partial charge is 0.226 e. The van der Waals surface area contributed by atoms with E-state index in [-0.39, 0.29) is 11.0 Å². The summed E-state index contributed by atoms with van der Waals surface area (Å²) < 4.78 is 0. The van der Waals surface area contributed by atoms with Gasteiger partial charge in [-0.15, -0.1) is 0 Å². The summed E-state index contributed by atoms with van der Waals surface area (Å²) in [6, 6.07) is 0. The number of carbonyl (C=O) groups is 2. The van der Waals surface area contributed by atoms with Gasteiger partial charge in [0.2, 0.25) is 11.0 Å². The van der Waals surface area contributed by atoms with Gasteiger partial charge in [0.05, 0.1) is 18.1 Å². The van der Waals surface area contributed by atoms with Gasteiger partial charge in [-0.1, -0.05) is 46.4 Å². The second-order valence-electron chi connectivity index (χ2n) is 6.27. The Morgan fingerprint density at radius 2 is 1.95 bits per heavy atom. The molecular formula is C14H25NO4S. The Balaban J connectivity index is 3.09. The predicted molar refractivity (Wildman–Crippen MR) is 79.2 cm³/mol. The van der Waals surface area contributed by atoms with Crippen LogP contribution in [0.25, 0.3) is 0 Å². The summed E-state index contributed by atoms with van der Waals surface area (Å²) in [4.78, 5) is 24.4. The van der Waals surface area contributed by atoms with Gasteiger partial charge in [-0.3, -0.25) is 9.59 Å². The first-order valence-electron chi connectivity index (χ1n) is 7.00. The van der Waals surface area contributed by atoms with Gasteiger partial charge < -0.3 is 15.5 Å². The van der Waals surface area contributed by atoms with E-state index >= 15 is 0 Å². The van der Waals surface area contributed by atoms with Crippen LogP contribution in [0.1, 0.15) is 34.6 Å². The third kappa shape index (κ3) is 3.02. The molecule has 116 valence electrons. The fourth-order valence-electron chi connectivity index (χ4n) is 2.36. The topological polar surface area (TPSA) is 86.6 Å². The van der Waals surface area contributed by atoms with Crippen molar-refractivity contribution in [2.75, 3.05) is 5.75 Å². The molecule has 0 aromatic rings. The first-order chi connectivity index (χ1) is 9.14. The molecule has 1 aliphatic rings. The van der Waals surface area contributed by atoms with Crippen molar-refractivity contribution < 1.29 is 19.8 Å². The summed E-state index contributed by atoms with van der Waals surface area (Å²) in [6.07, 6.45) is -2.32. The zero-order chi connectivity index (χ0) is 15.7. The molecule has 0 aliphatic carbocycles. The maximum Gasteiger partial charge on any atom is 0.226 e. The van der Waals surface area contributed by atoms with Crippen LogP contribution in [0, 0.1) is 17.8 Å². The molecule has 3 N–H and O–H groups in total. The lowest BCUT2D eigenvalue weighted by molar-refractivity contribution is -0.131. The second-order valence-corrected chi connectivity index (χ2v) is 7.27. The molecular weight excluding hydrogens is 278 g/mol. The second kappa shape index (κ2) is 6.45. The van der Waals surface area contributed by atoms with Crippen LogP contribution in [0.2, 0.25) is 0 Å². The Bertz CT molecular complexity index is 385. The Hall–Kier alpha value is -0.590. The highest BCUT2D eigenvalue weighted by Gasteiger charge is 2.60. The molecule has 0 radical (unpaired) electrons. The Kier molecular flexibility index (Phi) is 5.63. The van der Waals surface area contributed by atoms with E-state index in [4.69, 9.17) is 0 Å². The Morgan fingerprint density at radius 3 is 2.30 bits per heavy atom. The van der Waals surface area contributed by atoms with Crippen LogP contribution in [0.15, 0.2) is 0 Å². The molecule has 0 saturated carbocycles. The molecule has 1 rings (SSSR count). The van der Waals surface area contributed by atoms with E-state index in [2.05, 4.69) is 5.32 Å². The van der Waals surface area contributed by atoms with Crippen LogP contribution in [0.4, 0.5) is 0 Å². The van der Waals surface area contributed by atoms with Crippen molar-refractivity contribution in [3.63, 3.8) is 0 Å². The number of carbonyl (C=O) groups excluding carboxylic acids is 2. The first-order valence-corrected chi connectivity index (χ1v) is 7.98. The predicted octanol–water partition coefficient (Wildman–Crippen LogP) is 0.785. The third-order valence-corrected chi connectivity index (χ3v) is 5.10. The molecule has 1 heterocycles. The highest BCUT2D eigenvalue weighted by molar-refractivity contribution is 8.13. The minimum absolute atomic E-state index is 0.251. The lowest BCUT2D eigenvalue weighted by Crippen LogP contribution is -2.64. The number of hydrogen-bond acceptors (Lipinski definition) is 5. The summed E-state index contributed by atoms with van der Waals surface area (Å²) in [5.41, 5.74) is -1.59. The molecule has 1 saturated heterocycles. The zero-order valence-electron chi connectivity index (χ0n) is 12.7. The van der Waals surface area contributed by atoms with E-state index in [9.17, 15) is 19.8 Å². The molecule has 6 heteroatoms. The molecule has 0 spiro atoms. The van der Waals surface area contributed by atoms with Gasteiger partial charge in [-0.05, 0) is 11.8 Å². The van der Waals surface area contributed by atoms with Crippen molar-refractivity contribution in [2.24, 2.45) is 17.8 Å². The molecule has 1 fully saturated rings. The number of aliphatic hydroxyl groups is 2. The molecule has 5 nitrogen and oxygen atoms in total. The summed E-state index contributed by atoms with van der Waals surface area (Å²) in [6.45, 7) is 9.05. The fraction of sp³-hybridized carbons (Fsp3) is 0.857. The van der Waals surface area contributed by atoms with Gasteiger partial charge in [0.1, 0.15) is 0 Å². The van der Waals surface area contributed by atoms with Gasteiger partial charge in [-0.25, -0.2) is 0 Å². The van der Waals surface area contributed by atoms with Crippen LogP contribution in [0.5, 0.6) is 0 Å². The van der Waals surface area contributed by atoms with E-state index in [0.29, 0.717) is 11.7 Å². The maximum atomic E-state index is 12.5. The van der Waals surface area contributed by atoms with E-state index < -0.39 is 29.6 Å². The van der Waals surface area contributed by atoms with Gasteiger partial charge in [0.25, 0.3) is 0 Å². The highest BCUT2D eigenvalue weighted by Crippen LogP contribution is 2.36. The zero-order valence-corrected chi connectivity index (χ0v) is 13.5. The maximum absolute atomic E-state index is 12.5. The van der Waals surface area contributed by atoms with Gasteiger partial charge >= 0.3 is 0 Å². The van der Waals surface area contributed by atoms with Crippen molar-refractivity contribution >= 4 is 22.8 Å². The number of nitrogens with one attached hydrogen (secondary N) is 1. The van der Waals surface area contributed by atoms with Gasteiger partial charge in [0, 0.05) is 5.75 Å². The lowest BCUT2D eigenvalue weighted by Gasteiger charge is -2.37. The number of aliphatic hydroxyl groups excluding tert-OH is 2. The first kappa shape index (κ1) is 17.5. The quantitative estimate of drug-likeness (QED) is 0.699. The van der Waals surface area contributed by atoms with Gasteiger partial charge in [-0.2, -0.15) is 0 Å². The lowest BCUT2D eigenvalue weighted by atomic mass is 9.81. The molecule has 0 aromatic heterocycles. The van der Waals surface area contributed by atoms with E-state index in [1.54, 1.807) is 20.8 Å². The summed E-state index contributed by atoms with van der Waals surface area (Å²) >= 11 is 1.06. The van der Waals surface area contributed by atoms with Gasteiger partial charge in [0.15, 0.2) is 5.54 Å². The summed E-state index contributed by atoms with van der Waals surface area (Å²) in [5, 5.41) is 23.0. The molecule has 4 atom stereocenters. The third-order valence-electron chi connectivity index (χ3n) is 3.67.